The fraction of sp³-hybridized carbons (Fsp3) is 0.375. The maximum absolute atomic E-state index is 11.1. The second kappa shape index (κ2) is 5.60. The molecule has 0 radical (unpaired) electrons. The number of carboxylic acids is 1. The summed E-state index contributed by atoms with van der Waals surface area (Å²) in [6.45, 7) is 2.43. The van der Waals surface area contributed by atoms with Crippen molar-refractivity contribution < 1.29 is 14.3 Å². The number of aryl methyl sites for hydroxylation is 1. The van der Waals surface area contributed by atoms with Crippen molar-refractivity contribution in [2.45, 2.75) is 38.6 Å². The van der Waals surface area contributed by atoms with Crippen LogP contribution >= 0.6 is 0 Å². The van der Waals surface area contributed by atoms with E-state index >= 15 is 0 Å². The van der Waals surface area contributed by atoms with Gasteiger partial charge in [-0.1, -0.05) is 6.42 Å². The minimum Gasteiger partial charge on any atom is -0.478 e. The molecule has 1 heterocycles. The zero-order valence-electron chi connectivity index (χ0n) is 11.9. The van der Waals surface area contributed by atoms with E-state index in [0.29, 0.717) is 12.5 Å². The Morgan fingerprint density at radius 2 is 2.24 bits per heavy atom. The molecule has 1 aromatic carbocycles. The van der Waals surface area contributed by atoms with Crippen LogP contribution in [0.1, 0.15) is 52.6 Å². The number of nitrogens with zero attached hydrogens (tertiary/aromatic N) is 1. The van der Waals surface area contributed by atoms with Crippen molar-refractivity contribution in [2.75, 3.05) is 5.32 Å². The lowest BCUT2D eigenvalue weighted by Gasteiger charge is -2.23. The summed E-state index contributed by atoms with van der Waals surface area (Å²) in [4.78, 5) is 15.3. The highest BCUT2D eigenvalue weighted by Gasteiger charge is 2.25. The van der Waals surface area contributed by atoms with Crippen molar-refractivity contribution >= 4 is 11.7 Å². The van der Waals surface area contributed by atoms with E-state index in [1.165, 1.54) is 12.8 Å². The molecule has 1 fully saturated rings. The first-order chi connectivity index (χ1) is 10.1. The van der Waals surface area contributed by atoms with Gasteiger partial charge in [-0.3, -0.25) is 0 Å². The molecule has 0 saturated heterocycles. The Kier molecular flexibility index (Phi) is 3.64. The predicted octanol–water partition coefficient (Wildman–Crippen LogP) is 3.56. The highest BCUT2D eigenvalue weighted by atomic mass is 16.4. The molecule has 0 unspecified atom stereocenters. The number of rotatable bonds is 5. The maximum atomic E-state index is 11.1. The summed E-state index contributed by atoms with van der Waals surface area (Å²) >= 11 is 0. The number of benzene rings is 1. The standard InChI is InChI=1S/C16H18N2O3/c1-10-5-12(16(19)20)7-13(6-10)17-8-14-15(21-9-18-14)11-3-2-4-11/h5-7,9,11,17H,2-4,8H2,1H3,(H,19,20). The van der Waals surface area contributed by atoms with Gasteiger partial charge in [-0.2, -0.15) is 0 Å². The van der Waals surface area contributed by atoms with Gasteiger partial charge in [0, 0.05) is 11.6 Å². The number of nitrogens with one attached hydrogen (secondary N) is 1. The van der Waals surface area contributed by atoms with Crippen LogP contribution in [0.5, 0.6) is 0 Å². The number of anilines is 1. The summed E-state index contributed by atoms with van der Waals surface area (Å²) in [6, 6.07) is 5.22. The minimum absolute atomic E-state index is 0.289. The van der Waals surface area contributed by atoms with Gasteiger partial charge in [-0.05, 0) is 43.5 Å². The smallest absolute Gasteiger partial charge is 0.335 e. The summed E-state index contributed by atoms with van der Waals surface area (Å²) in [6.07, 6.45) is 5.06. The van der Waals surface area contributed by atoms with E-state index in [9.17, 15) is 4.79 Å². The van der Waals surface area contributed by atoms with E-state index in [1.807, 2.05) is 13.0 Å². The molecule has 5 nitrogen and oxygen atoms in total. The number of carboxylic acid groups (broad SMARTS) is 1. The largest absolute Gasteiger partial charge is 0.478 e. The third kappa shape index (κ3) is 2.91. The topological polar surface area (TPSA) is 75.4 Å². The molecule has 2 aromatic rings. The second-order valence-corrected chi connectivity index (χ2v) is 5.54. The van der Waals surface area contributed by atoms with Crippen molar-refractivity contribution in [3.63, 3.8) is 0 Å². The van der Waals surface area contributed by atoms with Crippen LogP contribution in [0.15, 0.2) is 29.0 Å². The number of oxazole rings is 1. The summed E-state index contributed by atoms with van der Waals surface area (Å²) in [5, 5.41) is 12.3. The number of carbonyl (C=O) groups is 1. The summed E-state index contributed by atoms with van der Waals surface area (Å²) in [5.74, 6) is 0.551. The molecule has 0 aliphatic heterocycles. The molecule has 2 N–H and O–H groups in total. The van der Waals surface area contributed by atoms with Crippen molar-refractivity contribution in [2.24, 2.45) is 0 Å². The quantitative estimate of drug-likeness (QED) is 0.879. The predicted molar refractivity (Wildman–Crippen MR) is 78.6 cm³/mol. The fourth-order valence-corrected chi connectivity index (χ4v) is 2.61. The average Bonchev–Trinajstić information content (AvgIpc) is 2.82. The molecule has 21 heavy (non-hydrogen) atoms. The lowest BCUT2D eigenvalue weighted by atomic mass is 9.83. The number of aromatic nitrogens is 1. The van der Waals surface area contributed by atoms with Crippen LogP contribution in [0.2, 0.25) is 0 Å². The minimum atomic E-state index is -0.918. The van der Waals surface area contributed by atoms with Crippen molar-refractivity contribution in [1.29, 1.82) is 0 Å². The van der Waals surface area contributed by atoms with E-state index in [4.69, 9.17) is 9.52 Å². The van der Waals surface area contributed by atoms with Gasteiger partial charge in [0.15, 0.2) is 6.39 Å². The molecule has 1 saturated carbocycles. The zero-order chi connectivity index (χ0) is 14.8. The molecule has 1 aliphatic rings. The zero-order valence-corrected chi connectivity index (χ0v) is 11.9. The highest BCUT2D eigenvalue weighted by Crippen LogP contribution is 2.37. The molecule has 0 atom stereocenters. The van der Waals surface area contributed by atoms with Crippen molar-refractivity contribution in [1.82, 2.24) is 4.98 Å². The first-order valence-electron chi connectivity index (χ1n) is 7.14. The number of hydrogen-bond acceptors (Lipinski definition) is 4. The van der Waals surface area contributed by atoms with Gasteiger partial charge in [-0.25, -0.2) is 9.78 Å². The Labute approximate surface area is 123 Å². The van der Waals surface area contributed by atoms with Gasteiger partial charge in [0.1, 0.15) is 11.5 Å². The number of hydrogen-bond donors (Lipinski definition) is 2. The van der Waals surface area contributed by atoms with E-state index < -0.39 is 5.97 Å². The Hall–Kier alpha value is -2.30. The molecule has 0 amide bonds. The lowest BCUT2D eigenvalue weighted by molar-refractivity contribution is 0.0697. The van der Waals surface area contributed by atoms with Gasteiger partial charge in [-0.15, -0.1) is 0 Å². The Morgan fingerprint density at radius 1 is 1.43 bits per heavy atom. The third-order valence-corrected chi connectivity index (χ3v) is 3.93. The number of aromatic carboxylic acids is 1. The molecule has 5 heteroatoms. The highest BCUT2D eigenvalue weighted by molar-refractivity contribution is 5.89. The van der Waals surface area contributed by atoms with Crippen LogP contribution in [-0.2, 0) is 6.54 Å². The van der Waals surface area contributed by atoms with Gasteiger partial charge >= 0.3 is 5.97 Å². The van der Waals surface area contributed by atoms with Gasteiger partial charge in [0.05, 0.1) is 12.1 Å². The van der Waals surface area contributed by atoms with E-state index in [0.717, 1.165) is 35.5 Å². The van der Waals surface area contributed by atoms with Crippen LogP contribution in [-0.4, -0.2) is 16.1 Å². The van der Waals surface area contributed by atoms with Crippen LogP contribution in [0, 0.1) is 6.92 Å². The molecule has 1 aliphatic carbocycles. The van der Waals surface area contributed by atoms with E-state index in [2.05, 4.69) is 10.3 Å². The Balaban J connectivity index is 1.73. The third-order valence-electron chi connectivity index (χ3n) is 3.93. The van der Waals surface area contributed by atoms with Gasteiger partial charge in [0.25, 0.3) is 0 Å². The van der Waals surface area contributed by atoms with Crippen LogP contribution < -0.4 is 5.32 Å². The lowest BCUT2D eigenvalue weighted by Crippen LogP contribution is -2.12. The van der Waals surface area contributed by atoms with Gasteiger partial charge in [0.2, 0.25) is 0 Å². The summed E-state index contributed by atoms with van der Waals surface area (Å²) < 4.78 is 5.50. The molecule has 0 bridgehead atoms. The molecular formula is C16H18N2O3. The van der Waals surface area contributed by atoms with Crippen molar-refractivity contribution in [3.05, 3.63) is 47.2 Å². The Bertz CT molecular complexity index is 659. The van der Waals surface area contributed by atoms with Crippen LogP contribution in [0.25, 0.3) is 0 Å². The normalized spacial score (nSPS) is 14.7. The monoisotopic (exact) mass is 286 g/mol. The summed E-state index contributed by atoms with van der Waals surface area (Å²) in [7, 11) is 0. The maximum Gasteiger partial charge on any atom is 0.335 e. The first kappa shape index (κ1) is 13.7. The average molecular weight is 286 g/mol. The van der Waals surface area contributed by atoms with Gasteiger partial charge < -0.3 is 14.8 Å². The SMILES string of the molecule is Cc1cc(NCc2ncoc2C2CCC2)cc(C(=O)O)c1. The molecule has 1 aromatic heterocycles. The molecule has 0 spiro atoms. The van der Waals surface area contributed by atoms with Crippen LogP contribution in [0.4, 0.5) is 5.69 Å². The van der Waals surface area contributed by atoms with E-state index in [-0.39, 0.29) is 5.56 Å². The molecule has 3 rings (SSSR count). The fourth-order valence-electron chi connectivity index (χ4n) is 2.61. The molecular weight excluding hydrogens is 268 g/mol. The van der Waals surface area contributed by atoms with Crippen LogP contribution in [0.3, 0.4) is 0 Å². The molecule has 110 valence electrons. The van der Waals surface area contributed by atoms with E-state index in [1.54, 1.807) is 12.1 Å². The Morgan fingerprint density at radius 3 is 2.90 bits per heavy atom. The first-order valence-corrected chi connectivity index (χ1v) is 7.14. The van der Waals surface area contributed by atoms with Crippen molar-refractivity contribution in [3.8, 4) is 0 Å². The summed E-state index contributed by atoms with van der Waals surface area (Å²) in [5.41, 5.74) is 2.90. The second-order valence-electron chi connectivity index (χ2n) is 5.54.